The van der Waals surface area contributed by atoms with Crippen LogP contribution in [-0.4, -0.2) is 28.3 Å². The first-order chi connectivity index (χ1) is 14.7. The molecule has 1 amide bonds. The van der Waals surface area contributed by atoms with E-state index in [1.165, 1.54) is 19.9 Å². The fourth-order valence-electron chi connectivity index (χ4n) is 3.45. The standard InChI is InChI=1S/C24H25N3O4/c1-14-11-19(15(2)27(14)22-9-10-22)12-20(13-25)24(30)31-17(4)23(29)26-21-7-5-18(6-8-21)16(3)28/h5-8,11-12,17,22H,9-10H2,1-4H3,(H,26,29)/b20-12+/t17-/m0/s1. The second-order valence-electron chi connectivity index (χ2n) is 7.77. The first-order valence-corrected chi connectivity index (χ1v) is 10.1. The van der Waals surface area contributed by atoms with E-state index in [0.717, 1.165) is 29.8 Å². The number of carbonyl (C=O) groups excluding carboxylic acids is 3. The summed E-state index contributed by atoms with van der Waals surface area (Å²) < 4.78 is 7.43. The van der Waals surface area contributed by atoms with Crippen molar-refractivity contribution >= 4 is 29.4 Å². The smallest absolute Gasteiger partial charge is 0.349 e. The van der Waals surface area contributed by atoms with Gasteiger partial charge in [-0.05, 0) is 82.5 Å². The Morgan fingerprint density at radius 2 is 1.87 bits per heavy atom. The summed E-state index contributed by atoms with van der Waals surface area (Å²) in [7, 11) is 0. The highest BCUT2D eigenvalue weighted by atomic mass is 16.5. The predicted molar refractivity (Wildman–Crippen MR) is 116 cm³/mol. The van der Waals surface area contributed by atoms with Gasteiger partial charge in [0.25, 0.3) is 5.91 Å². The molecule has 0 spiro atoms. The van der Waals surface area contributed by atoms with Gasteiger partial charge in [-0.15, -0.1) is 0 Å². The van der Waals surface area contributed by atoms with Gasteiger partial charge in [0.15, 0.2) is 11.9 Å². The van der Waals surface area contributed by atoms with Crippen LogP contribution in [0.4, 0.5) is 5.69 Å². The lowest BCUT2D eigenvalue weighted by molar-refractivity contribution is -0.148. The minimum absolute atomic E-state index is 0.0751. The fraction of sp³-hybridized carbons (Fsp3) is 0.333. The van der Waals surface area contributed by atoms with E-state index in [4.69, 9.17) is 4.74 Å². The van der Waals surface area contributed by atoms with Gasteiger partial charge in [0, 0.05) is 28.7 Å². The van der Waals surface area contributed by atoms with Crippen LogP contribution in [0.5, 0.6) is 0 Å². The van der Waals surface area contributed by atoms with Gasteiger partial charge in [0.2, 0.25) is 0 Å². The van der Waals surface area contributed by atoms with E-state index in [2.05, 4.69) is 9.88 Å². The highest BCUT2D eigenvalue weighted by Crippen LogP contribution is 2.38. The second-order valence-corrected chi connectivity index (χ2v) is 7.77. The number of ketones is 1. The molecule has 1 aromatic heterocycles. The normalized spacial score (nSPS) is 14.5. The highest BCUT2D eigenvalue weighted by molar-refractivity contribution is 6.01. The Kier molecular flexibility index (Phi) is 6.40. The molecule has 1 aromatic carbocycles. The topological polar surface area (TPSA) is 101 Å². The molecule has 0 aliphatic heterocycles. The average Bonchev–Trinajstić information content (AvgIpc) is 3.51. The molecule has 2 aromatic rings. The number of aromatic nitrogens is 1. The number of esters is 1. The van der Waals surface area contributed by atoms with Crippen molar-refractivity contribution in [3.63, 3.8) is 0 Å². The summed E-state index contributed by atoms with van der Waals surface area (Å²) in [6, 6.07) is 10.7. The van der Waals surface area contributed by atoms with Gasteiger partial charge in [0.1, 0.15) is 11.6 Å². The quantitative estimate of drug-likeness (QED) is 0.315. The molecule has 1 saturated carbocycles. The maximum atomic E-state index is 12.5. The van der Waals surface area contributed by atoms with Crippen LogP contribution >= 0.6 is 0 Å². The van der Waals surface area contributed by atoms with Gasteiger partial charge >= 0.3 is 5.97 Å². The largest absolute Gasteiger partial charge is 0.448 e. The summed E-state index contributed by atoms with van der Waals surface area (Å²) in [5.41, 5.74) is 3.71. The van der Waals surface area contributed by atoms with Crippen LogP contribution in [-0.2, 0) is 14.3 Å². The summed E-state index contributed by atoms with van der Waals surface area (Å²) in [5.74, 6) is -1.46. The molecule has 7 nitrogen and oxygen atoms in total. The van der Waals surface area contributed by atoms with E-state index in [9.17, 15) is 19.6 Å². The number of aryl methyl sites for hydroxylation is 1. The van der Waals surface area contributed by atoms with Gasteiger partial charge in [-0.2, -0.15) is 5.26 Å². The number of ether oxygens (including phenoxy) is 1. The molecule has 160 valence electrons. The maximum Gasteiger partial charge on any atom is 0.349 e. The molecule has 0 bridgehead atoms. The van der Waals surface area contributed by atoms with Gasteiger partial charge < -0.3 is 14.6 Å². The van der Waals surface area contributed by atoms with Crippen molar-refractivity contribution in [2.75, 3.05) is 5.32 Å². The van der Waals surface area contributed by atoms with Gasteiger partial charge in [-0.1, -0.05) is 0 Å². The van der Waals surface area contributed by atoms with Crippen molar-refractivity contribution in [1.29, 1.82) is 5.26 Å². The summed E-state index contributed by atoms with van der Waals surface area (Å²) in [5, 5.41) is 12.1. The van der Waals surface area contributed by atoms with Crippen LogP contribution in [0.1, 0.15) is 60.0 Å². The van der Waals surface area contributed by atoms with E-state index in [-0.39, 0.29) is 11.4 Å². The monoisotopic (exact) mass is 419 g/mol. The highest BCUT2D eigenvalue weighted by Gasteiger charge is 2.27. The zero-order valence-corrected chi connectivity index (χ0v) is 18.1. The minimum Gasteiger partial charge on any atom is -0.448 e. The van der Waals surface area contributed by atoms with Crippen molar-refractivity contribution in [1.82, 2.24) is 4.57 Å². The molecule has 1 aliphatic rings. The van der Waals surface area contributed by atoms with Gasteiger partial charge in [-0.25, -0.2) is 4.79 Å². The number of nitrogens with one attached hydrogen (secondary N) is 1. The molecule has 1 atom stereocenters. The number of rotatable bonds is 7. The second kappa shape index (κ2) is 9.00. The number of carbonyl (C=O) groups is 3. The Labute approximate surface area is 181 Å². The lowest BCUT2D eigenvalue weighted by atomic mass is 10.1. The molecule has 1 heterocycles. The average molecular weight is 419 g/mol. The summed E-state index contributed by atoms with van der Waals surface area (Å²) >= 11 is 0. The number of hydrogen-bond acceptors (Lipinski definition) is 5. The molecule has 7 heteroatoms. The summed E-state index contributed by atoms with van der Waals surface area (Å²) in [6.45, 7) is 6.86. The molecule has 1 fully saturated rings. The zero-order chi connectivity index (χ0) is 22.7. The van der Waals surface area contributed by atoms with Crippen molar-refractivity contribution < 1.29 is 19.1 Å². The lowest BCUT2D eigenvalue weighted by Gasteiger charge is -2.13. The molecule has 1 N–H and O–H groups in total. The molecule has 31 heavy (non-hydrogen) atoms. The molecule has 0 saturated heterocycles. The molecular formula is C24H25N3O4. The van der Waals surface area contributed by atoms with Gasteiger partial charge in [0.05, 0.1) is 0 Å². The third-order valence-electron chi connectivity index (χ3n) is 5.29. The molecule has 0 unspecified atom stereocenters. The molecule has 3 rings (SSSR count). The third kappa shape index (κ3) is 5.10. The van der Waals surface area contributed by atoms with Crippen molar-refractivity contribution in [2.45, 2.75) is 52.7 Å². The number of benzene rings is 1. The number of amides is 1. The number of hydrogen-bond donors (Lipinski definition) is 1. The van der Waals surface area contributed by atoms with Crippen molar-refractivity contribution in [3.05, 3.63) is 58.4 Å². The fourth-order valence-corrected chi connectivity index (χ4v) is 3.45. The Bertz CT molecular complexity index is 1100. The van der Waals surface area contributed by atoms with Crippen LogP contribution in [0, 0.1) is 25.2 Å². The first-order valence-electron chi connectivity index (χ1n) is 10.1. The van der Waals surface area contributed by atoms with E-state index in [1.54, 1.807) is 24.3 Å². The summed E-state index contributed by atoms with van der Waals surface area (Å²) in [4.78, 5) is 36.2. The lowest BCUT2D eigenvalue weighted by Crippen LogP contribution is -2.30. The van der Waals surface area contributed by atoms with Crippen molar-refractivity contribution in [3.8, 4) is 6.07 Å². The third-order valence-corrected chi connectivity index (χ3v) is 5.29. The van der Waals surface area contributed by atoms with Crippen LogP contribution in [0.15, 0.2) is 35.9 Å². The van der Waals surface area contributed by atoms with E-state index in [1.807, 2.05) is 26.0 Å². The SMILES string of the molecule is CC(=O)c1ccc(NC(=O)[C@H](C)OC(=O)/C(C#N)=C/c2cc(C)n(C3CC3)c2C)cc1. The number of anilines is 1. The number of Topliss-reactive ketones (excluding diaryl/α,β-unsaturated/α-hetero) is 1. The van der Waals surface area contributed by atoms with Crippen LogP contribution in [0.2, 0.25) is 0 Å². The Morgan fingerprint density at radius 1 is 1.23 bits per heavy atom. The van der Waals surface area contributed by atoms with E-state index < -0.39 is 18.0 Å². The van der Waals surface area contributed by atoms with E-state index >= 15 is 0 Å². The van der Waals surface area contributed by atoms with Crippen molar-refractivity contribution in [2.24, 2.45) is 0 Å². The van der Waals surface area contributed by atoms with Gasteiger partial charge in [-0.3, -0.25) is 9.59 Å². The first kappa shape index (κ1) is 22.0. The van der Waals surface area contributed by atoms with Crippen LogP contribution < -0.4 is 5.32 Å². The zero-order valence-electron chi connectivity index (χ0n) is 18.1. The predicted octanol–water partition coefficient (Wildman–Crippen LogP) is 4.12. The maximum absolute atomic E-state index is 12.5. The number of nitrogens with zero attached hydrogens (tertiary/aromatic N) is 2. The minimum atomic E-state index is -1.10. The molecule has 1 aliphatic carbocycles. The molecule has 0 radical (unpaired) electrons. The van der Waals surface area contributed by atoms with Crippen LogP contribution in [0.25, 0.3) is 6.08 Å². The Morgan fingerprint density at radius 3 is 2.42 bits per heavy atom. The number of nitriles is 1. The van der Waals surface area contributed by atoms with E-state index in [0.29, 0.717) is 17.3 Å². The van der Waals surface area contributed by atoms with Crippen LogP contribution in [0.3, 0.4) is 0 Å². The molecular weight excluding hydrogens is 394 g/mol. The Hall–Kier alpha value is -3.66. The summed E-state index contributed by atoms with van der Waals surface area (Å²) in [6.07, 6.45) is 2.68. The Balaban J connectivity index is 1.66.